The van der Waals surface area contributed by atoms with Crippen LogP contribution in [-0.2, 0) is 16.0 Å². The molecule has 3 aromatic rings. The van der Waals surface area contributed by atoms with Gasteiger partial charge in [-0.3, -0.25) is 0 Å². The Morgan fingerprint density at radius 3 is 2.40 bits per heavy atom. The fraction of sp³-hybridized carbons (Fsp3) is 0.414. The minimum atomic E-state index is -4.86. The molecule has 0 bridgehead atoms. The molecule has 1 unspecified atom stereocenters. The van der Waals surface area contributed by atoms with Crippen LogP contribution in [0.2, 0.25) is 0 Å². The number of hydrogen-bond acceptors (Lipinski definition) is 5. The number of rotatable bonds is 13. The summed E-state index contributed by atoms with van der Waals surface area (Å²) in [6, 6.07) is 11.4. The number of aryl methyl sites for hydroxylation is 1. The molecule has 0 aliphatic heterocycles. The van der Waals surface area contributed by atoms with Gasteiger partial charge in [0.25, 0.3) is 0 Å². The van der Waals surface area contributed by atoms with Crippen molar-refractivity contribution in [3.8, 4) is 21.9 Å². The molecular weight excluding hydrogens is 558 g/mol. The Hall–Kier alpha value is -3.21. The van der Waals surface area contributed by atoms with Crippen LogP contribution in [0.5, 0.6) is 11.5 Å². The number of hydrogen-bond donors (Lipinski definition) is 0. The SMILES string of the molecule is C=CC(=O)OCC(C)(COc1ccc2cc(-c3ccc(CCCCC)cc3OC(F)(F)F)sc2c1)CC(F)(F)F. The van der Waals surface area contributed by atoms with Crippen LogP contribution in [0.25, 0.3) is 20.5 Å². The summed E-state index contributed by atoms with van der Waals surface area (Å²) in [5.74, 6) is -0.868. The molecule has 0 spiro atoms. The minimum absolute atomic E-state index is 0.266. The highest BCUT2D eigenvalue weighted by atomic mass is 32.1. The molecule has 4 nitrogen and oxygen atoms in total. The van der Waals surface area contributed by atoms with Crippen molar-refractivity contribution in [2.24, 2.45) is 5.41 Å². The standard InChI is InChI=1S/C29H30F6O4S/c1-4-6-7-8-19-9-12-22(23(13-19)39-29(33,34)35)25-14-20-10-11-21(15-24(20)40-25)37-17-27(3,16-28(30,31)32)18-38-26(36)5-2/h5,9-15H,2,4,6-8,16-18H2,1,3H3. The first-order valence-electron chi connectivity index (χ1n) is 12.6. The highest BCUT2D eigenvalue weighted by Crippen LogP contribution is 2.42. The maximum Gasteiger partial charge on any atom is 0.573 e. The number of thiophene rings is 1. The van der Waals surface area contributed by atoms with Gasteiger partial charge >= 0.3 is 18.5 Å². The zero-order valence-corrected chi connectivity index (χ0v) is 22.9. The van der Waals surface area contributed by atoms with Crippen LogP contribution in [0.15, 0.2) is 55.1 Å². The summed E-state index contributed by atoms with van der Waals surface area (Å²) in [4.78, 5) is 11.9. The van der Waals surface area contributed by atoms with Gasteiger partial charge in [-0.15, -0.1) is 24.5 Å². The summed E-state index contributed by atoms with van der Waals surface area (Å²) < 4.78 is 94.8. The summed E-state index contributed by atoms with van der Waals surface area (Å²) in [5.41, 5.74) is -0.536. The molecule has 1 heterocycles. The van der Waals surface area contributed by atoms with Gasteiger partial charge in [-0.1, -0.05) is 39.3 Å². The predicted octanol–water partition coefficient (Wildman–Crippen LogP) is 9.27. The highest BCUT2D eigenvalue weighted by molar-refractivity contribution is 7.22. The lowest BCUT2D eigenvalue weighted by Crippen LogP contribution is -2.36. The summed E-state index contributed by atoms with van der Waals surface area (Å²) in [6.45, 7) is 5.65. The molecule has 1 atom stereocenters. The molecule has 218 valence electrons. The normalized spacial score (nSPS) is 13.6. The van der Waals surface area contributed by atoms with Gasteiger partial charge in [0.15, 0.2) is 0 Å². The van der Waals surface area contributed by atoms with Gasteiger partial charge in [0.05, 0.1) is 13.0 Å². The van der Waals surface area contributed by atoms with Gasteiger partial charge in [-0.05, 0) is 60.2 Å². The average Bonchev–Trinajstić information content (AvgIpc) is 3.27. The summed E-state index contributed by atoms with van der Waals surface area (Å²) >= 11 is 1.20. The molecule has 0 fully saturated rings. The lowest BCUT2D eigenvalue weighted by atomic mass is 9.88. The molecule has 0 aliphatic carbocycles. The van der Waals surface area contributed by atoms with Crippen LogP contribution < -0.4 is 9.47 Å². The van der Waals surface area contributed by atoms with Crippen molar-refractivity contribution in [3.05, 3.63) is 60.7 Å². The maximum absolute atomic E-state index is 13.2. The summed E-state index contributed by atoms with van der Waals surface area (Å²) in [6.07, 6.45) is -6.32. The average molecular weight is 589 g/mol. The number of carbonyl (C=O) groups is 1. The molecule has 0 saturated carbocycles. The van der Waals surface area contributed by atoms with Crippen molar-refractivity contribution in [2.45, 2.75) is 58.5 Å². The number of carbonyl (C=O) groups excluding carboxylic acids is 1. The molecule has 0 N–H and O–H groups in total. The van der Waals surface area contributed by atoms with E-state index in [0.717, 1.165) is 36.3 Å². The van der Waals surface area contributed by atoms with E-state index in [4.69, 9.17) is 9.47 Å². The van der Waals surface area contributed by atoms with Crippen LogP contribution in [0.4, 0.5) is 26.3 Å². The zero-order valence-electron chi connectivity index (χ0n) is 22.1. The quantitative estimate of drug-likeness (QED) is 0.0864. The second-order valence-electron chi connectivity index (χ2n) is 9.85. The summed E-state index contributed by atoms with van der Waals surface area (Å²) in [7, 11) is 0. The maximum atomic E-state index is 13.2. The number of ether oxygens (including phenoxy) is 3. The van der Waals surface area contributed by atoms with E-state index >= 15 is 0 Å². The van der Waals surface area contributed by atoms with E-state index in [-0.39, 0.29) is 17.1 Å². The van der Waals surface area contributed by atoms with Crippen molar-refractivity contribution in [1.82, 2.24) is 0 Å². The molecule has 40 heavy (non-hydrogen) atoms. The third-order valence-corrected chi connectivity index (χ3v) is 7.17. The highest BCUT2D eigenvalue weighted by Gasteiger charge is 2.41. The number of benzene rings is 2. The lowest BCUT2D eigenvalue weighted by Gasteiger charge is -2.29. The Bertz CT molecular complexity index is 1310. The molecule has 0 aliphatic rings. The van der Waals surface area contributed by atoms with Crippen molar-refractivity contribution in [2.75, 3.05) is 13.2 Å². The van der Waals surface area contributed by atoms with E-state index in [2.05, 4.69) is 11.3 Å². The molecule has 11 heteroatoms. The van der Waals surface area contributed by atoms with Gasteiger partial charge in [0.1, 0.15) is 18.1 Å². The second kappa shape index (κ2) is 13.0. The molecule has 0 saturated heterocycles. The first-order valence-corrected chi connectivity index (χ1v) is 13.4. The minimum Gasteiger partial charge on any atom is -0.493 e. The third-order valence-electron chi connectivity index (χ3n) is 6.04. The third kappa shape index (κ3) is 9.46. The van der Waals surface area contributed by atoms with E-state index in [0.29, 0.717) is 16.0 Å². The number of esters is 1. The largest absolute Gasteiger partial charge is 0.573 e. The molecule has 0 amide bonds. The van der Waals surface area contributed by atoms with Crippen LogP contribution in [0.3, 0.4) is 0 Å². The fourth-order valence-corrected chi connectivity index (χ4v) is 5.26. The molecular formula is C29H30F6O4S. The smallest absolute Gasteiger partial charge is 0.493 e. The van der Waals surface area contributed by atoms with Gasteiger partial charge in [-0.25, -0.2) is 4.79 Å². The van der Waals surface area contributed by atoms with E-state index in [1.54, 1.807) is 36.4 Å². The van der Waals surface area contributed by atoms with E-state index in [9.17, 15) is 31.1 Å². The Morgan fingerprint density at radius 2 is 1.75 bits per heavy atom. The second-order valence-corrected chi connectivity index (χ2v) is 10.9. The molecule has 2 aromatic carbocycles. The van der Waals surface area contributed by atoms with Crippen LogP contribution >= 0.6 is 11.3 Å². The van der Waals surface area contributed by atoms with Crippen LogP contribution in [0.1, 0.15) is 45.1 Å². The lowest BCUT2D eigenvalue weighted by molar-refractivity contribution is -0.274. The monoisotopic (exact) mass is 588 g/mol. The first kappa shape index (κ1) is 31.3. The zero-order chi connectivity index (χ0) is 29.6. The van der Waals surface area contributed by atoms with Gasteiger partial charge in [0, 0.05) is 26.6 Å². The van der Waals surface area contributed by atoms with Crippen LogP contribution in [-0.4, -0.2) is 31.7 Å². The van der Waals surface area contributed by atoms with Crippen molar-refractivity contribution in [3.63, 3.8) is 0 Å². The van der Waals surface area contributed by atoms with E-state index in [1.165, 1.54) is 24.3 Å². The van der Waals surface area contributed by atoms with Gasteiger partial charge in [0.2, 0.25) is 0 Å². The van der Waals surface area contributed by atoms with Gasteiger partial charge < -0.3 is 14.2 Å². The number of halogens is 6. The van der Waals surface area contributed by atoms with Gasteiger partial charge in [-0.2, -0.15) is 13.2 Å². The Morgan fingerprint density at radius 1 is 1.00 bits per heavy atom. The number of unbranched alkanes of at least 4 members (excludes halogenated alkanes) is 2. The van der Waals surface area contributed by atoms with E-state index < -0.39 is 43.6 Å². The molecule has 3 rings (SSSR count). The summed E-state index contributed by atoms with van der Waals surface area (Å²) in [5, 5.41) is 0.718. The Balaban J connectivity index is 1.85. The first-order chi connectivity index (χ1) is 18.7. The van der Waals surface area contributed by atoms with Crippen LogP contribution in [0, 0.1) is 5.41 Å². The Kier molecular flexibility index (Phi) is 10.2. The van der Waals surface area contributed by atoms with Crippen molar-refractivity contribution >= 4 is 27.4 Å². The number of fused-ring (bicyclic) bond motifs is 1. The van der Waals surface area contributed by atoms with Crippen molar-refractivity contribution in [1.29, 1.82) is 0 Å². The predicted molar refractivity (Wildman–Crippen MR) is 143 cm³/mol. The topological polar surface area (TPSA) is 44.8 Å². The van der Waals surface area contributed by atoms with E-state index in [1.807, 2.05) is 6.92 Å². The fourth-order valence-electron chi connectivity index (χ4n) is 4.14. The number of alkyl halides is 6. The van der Waals surface area contributed by atoms with Crippen molar-refractivity contribution < 1.29 is 45.3 Å². The molecule has 0 radical (unpaired) electrons. The molecule has 1 aromatic heterocycles. The Labute approximate surface area is 232 Å².